The summed E-state index contributed by atoms with van der Waals surface area (Å²) >= 11 is 0. The first-order chi connectivity index (χ1) is 18.2. The third kappa shape index (κ3) is 10.3. The number of hydrogen-bond donors (Lipinski definition) is 5. The fraction of sp³-hybridized carbons (Fsp3) is 0.360. The molecule has 12 nitrogen and oxygen atoms in total. The molecule has 0 bridgehead atoms. The highest BCUT2D eigenvalue weighted by Gasteiger charge is 2.07. The van der Waals surface area contributed by atoms with Crippen LogP contribution in [-0.4, -0.2) is 85.7 Å². The summed E-state index contributed by atoms with van der Waals surface area (Å²) in [4.78, 5) is 25.0. The molecule has 3 aromatic rings. The second-order valence-corrected chi connectivity index (χ2v) is 7.58. The number of aliphatic hydroxyl groups is 1. The van der Waals surface area contributed by atoms with Crippen LogP contribution >= 0.6 is 0 Å². The number of anilines is 4. The lowest BCUT2D eigenvalue weighted by molar-refractivity contribution is 0.0519. The Kier molecular flexibility index (Phi) is 11.8. The summed E-state index contributed by atoms with van der Waals surface area (Å²) in [5.74, 6) is 1.66. The molecular weight excluding hydrogens is 478 g/mol. The first-order valence-corrected chi connectivity index (χ1v) is 11.9. The molecule has 0 aliphatic rings. The largest absolute Gasteiger partial charge is 0.497 e. The van der Waals surface area contributed by atoms with Gasteiger partial charge in [0.2, 0.25) is 17.8 Å². The molecular formula is C25H33N7O5. The van der Waals surface area contributed by atoms with Gasteiger partial charge in [-0.1, -0.05) is 18.2 Å². The van der Waals surface area contributed by atoms with E-state index in [9.17, 15) is 4.79 Å². The molecule has 0 fully saturated rings. The van der Waals surface area contributed by atoms with Gasteiger partial charge < -0.3 is 40.6 Å². The van der Waals surface area contributed by atoms with Crippen LogP contribution in [-0.2, 0) is 9.47 Å². The second-order valence-electron chi connectivity index (χ2n) is 7.58. The van der Waals surface area contributed by atoms with E-state index in [1.807, 2.05) is 42.5 Å². The van der Waals surface area contributed by atoms with Gasteiger partial charge in [0.25, 0.3) is 5.91 Å². The van der Waals surface area contributed by atoms with Crippen molar-refractivity contribution in [2.75, 3.05) is 75.7 Å². The minimum Gasteiger partial charge on any atom is -0.497 e. The Morgan fingerprint density at radius 1 is 0.784 bits per heavy atom. The van der Waals surface area contributed by atoms with Crippen molar-refractivity contribution in [3.05, 3.63) is 60.2 Å². The molecule has 0 saturated heterocycles. The van der Waals surface area contributed by atoms with E-state index in [0.717, 1.165) is 11.4 Å². The molecule has 0 spiro atoms. The molecule has 3 rings (SSSR count). The summed E-state index contributed by atoms with van der Waals surface area (Å²) < 4.78 is 16.2. The maximum absolute atomic E-state index is 11.9. The molecule has 2 aromatic carbocycles. The van der Waals surface area contributed by atoms with Crippen LogP contribution in [0.5, 0.6) is 5.75 Å². The minimum absolute atomic E-state index is 0.0506. The summed E-state index contributed by atoms with van der Waals surface area (Å²) in [6.45, 7) is 2.80. The van der Waals surface area contributed by atoms with Crippen molar-refractivity contribution in [3.8, 4) is 5.75 Å². The number of nitrogens with zero attached hydrogens (tertiary/aromatic N) is 3. The summed E-state index contributed by atoms with van der Waals surface area (Å²) in [5.41, 5.74) is 1.41. The lowest BCUT2D eigenvalue weighted by Crippen LogP contribution is -2.27. The van der Waals surface area contributed by atoms with Gasteiger partial charge >= 0.3 is 0 Å². The number of aromatic nitrogens is 3. The Morgan fingerprint density at radius 3 is 2.05 bits per heavy atom. The van der Waals surface area contributed by atoms with E-state index in [-0.39, 0.29) is 12.5 Å². The van der Waals surface area contributed by atoms with Gasteiger partial charge in [-0.05, 0) is 36.4 Å². The first-order valence-electron chi connectivity index (χ1n) is 11.9. The molecule has 0 unspecified atom stereocenters. The van der Waals surface area contributed by atoms with Crippen molar-refractivity contribution >= 4 is 29.4 Å². The number of hydrogen-bond acceptors (Lipinski definition) is 11. The Balaban J connectivity index is 1.34. The highest BCUT2D eigenvalue weighted by molar-refractivity contribution is 5.94. The van der Waals surface area contributed by atoms with E-state index in [1.54, 1.807) is 19.2 Å². The summed E-state index contributed by atoms with van der Waals surface area (Å²) in [6, 6.07) is 16.4. The van der Waals surface area contributed by atoms with E-state index in [0.29, 0.717) is 69.5 Å². The Labute approximate surface area is 215 Å². The van der Waals surface area contributed by atoms with Crippen molar-refractivity contribution in [1.29, 1.82) is 0 Å². The Bertz CT molecular complexity index is 1070. The molecule has 0 atom stereocenters. The maximum Gasteiger partial charge on any atom is 0.251 e. The van der Waals surface area contributed by atoms with Gasteiger partial charge in [0.1, 0.15) is 5.75 Å². The molecule has 0 aliphatic carbocycles. The highest BCUT2D eigenvalue weighted by atomic mass is 16.5. The van der Waals surface area contributed by atoms with Crippen LogP contribution in [0.15, 0.2) is 54.6 Å². The van der Waals surface area contributed by atoms with Crippen molar-refractivity contribution in [1.82, 2.24) is 20.3 Å². The lowest BCUT2D eigenvalue weighted by atomic mass is 10.2. The molecule has 12 heteroatoms. The number of methoxy groups -OCH3 is 1. The van der Waals surface area contributed by atoms with Crippen molar-refractivity contribution in [3.63, 3.8) is 0 Å². The van der Waals surface area contributed by atoms with E-state index >= 15 is 0 Å². The summed E-state index contributed by atoms with van der Waals surface area (Å²) in [6.07, 6.45) is 0. The number of carbonyl (C=O) groups excluding carboxylic acids is 1. The zero-order valence-corrected chi connectivity index (χ0v) is 20.8. The van der Waals surface area contributed by atoms with Gasteiger partial charge in [-0.2, -0.15) is 15.0 Å². The standard InChI is InChI=1S/C25H33N7O5/c1-35-21-9-7-20(8-10-21)29-25-31-23(27-11-14-33)30-24(32-25)28-13-16-37-18-17-36-15-12-26-22(34)19-5-3-2-4-6-19/h2-10,33H,11-18H2,1H3,(H,26,34)(H3,27,28,29,30,31,32). The predicted octanol–water partition coefficient (Wildman–Crippen LogP) is 1.90. The Morgan fingerprint density at radius 2 is 1.41 bits per heavy atom. The monoisotopic (exact) mass is 511 g/mol. The van der Waals surface area contributed by atoms with E-state index < -0.39 is 0 Å². The number of aliphatic hydroxyl groups excluding tert-OH is 1. The van der Waals surface area contributed by atoms with E-state index in [4.69, 9.17) is 19.3 Å². The fourth-order valence-corrected chi connectivity index (χ4v) is 3.05. The zero-order valence-electron chi connectivity index (χ0n) is 20.8. The highest BCUT2D eigenvalue weighted by Crippen LogP contribution is 2.19. The minimum atomic E-state index is -0.123. The third-order valence-corrected chi connectivity index (χ3v) is 4.85. The van der Waals surface area contributed by atoms with Crippen LogP contribution in [0.1, 0.15) is 10.4 Å². The number of rotatable bonds is 17. The first kappa shape index (κ1) is 27.6. The SMILES string of the molecule is COc1ccc(Nc2nc(NCCO)nc(NCCOCCOCCNC(=O)c3ccccc3)n2)cc1. The van der Waals surface area contributed by atoms with Crippen LogP contribution < -0.4 is 26.0 Å². The van der Waals surface area contributed by atoms with Crippen LogP contribution in [0, 0.1) is 0 Å². The zero-order chi connectivity index (χ0) is 26.1. The molecule has 1 aromatic heterocycles. The third-order valence-electron chi connectivity index (χ3n) is 4.85. The van der Waals surface area contributed by atoms with E-state index in [2.05, 4.69) is 36.2 Å². The predicted molar refractivity (Wildman–Crippen MR) is 141 cm³/mol. The maximum atomic E-state index is 11.9. The molecule has 37 heavy (non-hydrogen) atoms. The average molecular weight is 512 g/mol. The second kappa shape index (κ2) is 15.9. The van der Waals surface area contributed by atoms with Gasteiger partial charge in [0.15, 0.2) is 0 Å². The average Bonchev–Trinajstić information content (AvgIpc) is 2.93. The van der Waals surface area contributed by atoms with Gasteiger partial charge in [0, 0.05) is 30.9 Å². The number of amides is 1. The topological polar surface area (TPSA) is 152 Å². The van der Waals surface area contributed by atoms with Gasteiger partial charge in [-0.15, -0.1) is 0 Å². The van der Waals surface area contributed by atoms with Crippen molar-refractivity contribution < 1.29 is 24.1 Å². The summed E-state index contributed by atoms with van der Waals surface area (Å²) in [5, 5.41) is 21.1. The number of nitrogens with one attached hydrogen (secondary N) is 4. The molecule has 5 N–H and O–H groups in total. The number of carbonyl (C=O) groups is 1. The van der Waals surface area contributed by atoms with Gasteiger partial charge in [-0.3, -0.25) is 4.79 Å². The van der Waals surface area contributed by atoms with Crippen LogP contribution in [0.4, 0.5) is 23.5 Å². The Hall–Kier alpha value is -4.00. The van der Waals surface area contributed by atoms with Crippen LogP contribution in [0.2, 0.25) is 0 Å². The quantitative estimate of drug-likeness (QED) is 0.169. The van der Waals surface area contributed by atoms with Crippen molar-refractivity contribution in [2.24, 2.45) is 0 Å². The fourth-order valence-electron chi connectivity index (χ4n) is 3.05. The smallest absolute Gasteiger partial charge is 0.251 e. The molecule has 0 aliphatic heterocycles. The van der Waals surface area contributed by atoms with Crippen LogP contribution in [0.25, 0.3) is 0 Å². The molecule has 1 amide bonds. The molecule has 1 heterocycles. The normalized spacial score (nSPS) is 10.5. The van der Waals surface area contributed by atoms with E-state index in [1.165, 1.54) is 0 Å². The van der Waals surface area contributed by atoms with Crippen molar-refractivity contribution in [2.45, 2.75) is 0 Å². The van der Waals surface area contributed by atoms with Crippen LogP contribution in [0.3, 0.4) is 0 Å². The van der Waals surface area contributed by atoms with Gasteiger partial charge in [-0.25, -0.2) is 0 Å². The molecule has 0 saturated carbocycles. The summed E-state index contributed by atoms with van der Waals surface area (Å²) in [7, 11) is 1.61. The van der Waals surface area contributed by atoms with Gasteiger partial charge in [0.05, 0.1) is 40.1 Å². The lowest BCUT2D eigenvalue weighted by Gasteiger charge is -2.11. The number of ether oxygens (including phenoxy) is 3. The molecule has 0 radical (unpaired) electrons. The number of benzene rings is 2. The molecule has 198 valence electrons.